The fourth-order valence-corrected chi connectivity index (χ4v) is 1.94. The lowest BCUT2D eigenvalue weighted by Crippen LogP contribution is -1.85. The molecule has 2 aromatic rings. The summed E-state index contributed by atoms with van der Waals surface area (Å²) >= 11 is 6.08. The Hall–Kier alpha value is -1.67. The van der Waals surface area contributed by atoms with E-state index in [0.29, 0.717) is 16.5 Å². The van der Waals surface area contributed by atoms with Crippen molar-refractivity contribution in [1.29, 1.82) is 0 Å². The van der Waals surface area contributed by atoms with Crippen molar-refractivity contribution in [2.75, 3.05) is 7.11 Å². The highest BCUT2D eigenvalue weighted by Crippen LogP contribution is 2.31. The molecule has 2 aromatic carbocycles. The van der Waals surface area contributed by atoms with Crippen LogP contribution in [0.1, 0.15) is 5.56 Å². The maximum Gasteiger partial charge on any atom is 0.137 e. The van der Waals surface area contributed by atoms with Crippen LogP contribution in [0.25, 0.3) is 11.1 Å². The van der Waals surface area contributed by atoms with Gasteiger partial charge in [-0.05, 0) is 47.9 Å². The third kappa shape index (κ3) is 2.37. The maximum absolute atomic E-state index is 9.48. The van der Waals surface area contributed by atoms with E-state index in [4.69, 9.17) is 16.3 Å². The molecule has 17 heavy (non-hydrogen) atoms. The zero-order valence-electron chi connectivity index (χ0n) is 9.70. The smallest absolute Gasteiger partial charge is 0.137 e. The largest absolute Gasteiger partial charge is 0.508 e. The average molecular weight is 249 g/mol. The molecule has 0 aromatic heterocycles. The van der Waals surface area contributed by atoms with Crippen molar-refractivity contribution in [2.24, 2.45) is 0 Å². The predicted molar refractivity (Wildman–Crippen MR) is 69.8 cm³/mol. The Morgan fingerprint density at radius 2 is 1.71 bits per heavy atom. The SMILES string of the molecule is COc1ccc(-c2ccc(O)c(C)c2)cc1Cl. The van der Waals surface area contributed by atoms with Gasteiger partial charge in [-0.3, -0.25) is 0 Å². The highest BCUT2D eigenvalue weighted by atomic mass is 35.5. The average Bonchev–Trinajstić information content (AvgIpc) is 2.32. The molecule has 0 saturated carbocycles. The van der Waals surface area contributed by atoms with Crippen LogP contribution in [-0.2, 0) is 0 Å². The lowest BCUT2D eigenvalue weighted by molar-refractivity contribution is 0.415. The number of ether oxygens (including phenoxy) is 1. The van der Waals surface area contributed by atoms with Gasteiger partial charge in [-0.2, -0.15) is 0 Å². The predicted octanol–water partition coefficient (Wildman–Crippen LogP) is 4.03. The van der Waals surface area contributed by atoms with Crippen molar-refractivity contribution in [3.63, 3.8) is 0 Å². The van der Waals surface area contributed by atoms with Crippen LogP contribution in [0.2, 0.25) is 5.02 Å². The summed E-state index contributed by atoms with van der Waals surface area (Å²) in [6.45, 7) is 1.87. The van der Waals surface area contributed by atoms with Crippen molar-refractivity contribution < 1.29 is 9.84 Å². The van der Waals surface area contributed by atoms with Crippen LogP contribution in [0.5, 0.6) is 11.5 Å². The fraction of sp³-hybridized carbons (Fsp3) is 0.143. The molecule has 0 unspecified atom stereocenters. The summed E-state index contributed by atoms with van der Waals surface area (Å²) in [6, 6.07) is 11.1. The normalized spacial score (nSPS) is 10.3. The van der Waals surface area contributed by atoms with E-state index in [2.05, 4.69) is 0 Å². The molecule has 0 fully saturated rings. The number of hydrogen-bond donors (Lipinski definition) is 1. The standard InChI is InChI=1S/C14H13ClO2/c1-9-7-10(3-5-13(9)16)11-4-6-14(17-2)12(15)8-11/h3-8,16H,1-2H3. The summed E-state index contributed by atoms with van der Waals surface area (Å²) in [5.74, 6) is 0.958. The van der Waals surface area contributed by atoms with Crippen LogP contribution >= 0.6 is 11.6 Å². The number of methoxy groups -OCH3 is 1. The molecule has 3 heteroatoms. The second-order valence-corrected chi connectivity index (χ2v) is 4.26. The second-order valence-electron chi connectivity index (χ2n) is 3.85. The number of benzene rings is 2. The molecule has 0 atom stereocenters. The number of phenols is 1. The van der Waals surface area contributed by atoms with Gasteiger partial charge in [-0.25, -0.2) is 0 Å². The summed E-state index contributed by atoms with van der Waals surface area (Å²) in [7, 11) is 1.59. The molecule has 0 saturated heterocycles. The number of halogens is 1. The molecular formula is C14H13ClO2. The molecule has 0 radical (unpaired) electrons. The van der Waals surface area contributed by atoms with Gasteiger partial charge in [0, 0.05) is 0 Å². The molecule has 0 aliphatic heterocycles. The zero-order valence-corrected chi connectivity index (χ0v) is 10.5. The van der Waals surface area contributed by atoms with Gasteiger partial charge < -0.3 is 9.84 Å². The Morgan fingerprint density at radius 1 is 1.06 bits per heavy atom. The Morgan fingerprint density at radius 3 is 2.29 bits per heavy atom. The van der Waals surface area contributed by atoms with Gasteiger partial charge in [0.15, 0.2) is 0 Å². The highest BCUT2D eigenvalue weighted by Gasteiger charge is 2.05. The molecule has 0 bridgehead atoms. The first-order chi connectivity index (χ1) is 8.11. The van der Waals surface area contributed by atoms with Crippen molar-refractivity contribution in [3.05, 3.63) is 47.0 Å². The van der Waals surface area contributed by atoms with Crippen molar-refractivity contribution in [1.82, 2.24) is 0 Å². The first kappa shape index (κ1) is 11.8. The van der Waals surface area contributed by atoms with E-state index in [1.165, 1.54) is 0 Å². The molecule has 88 valence electrons. The summed E-state index contributed by atoms with van der Waals surface area (Å²) in [4.78, 5) is 0. The van der Waals surface area contributed by atoms with E-state index >= 15 is 0 Å². The van der Waals surface area contributed by atoms with Gasteiger partial charge in [0.1, 0.15) is 11.5 Å². The van der Waals surface area contributed by atoms with Crippen LogP contribution in [0, 0.1) is 6.92 Å². The minimum Gasteiger partial charge on any atom is -0.508 e. The molecule has 2 nitrogen and oxygen atoms in total. The molecule has 1 N–H and O–H groups in total. The first-order valence-electron chi connectivity index (χ1n) is 5.25. The third-order valence-electron chi connectivity index (χ3n) is 2.68. The Labute approximate surface area is 105 Å². The summed E-state index contributed by atoms with van der Waals surface area (Å²) in [5.41, 5.74) is 2.86. The van der Waals surface area contributed by atoms with E-state index in [-0.39, 0.29) is 0 Å². The van der Waals surface area contributed by atoms with Crippen LogP contribution in [0.4, 0.5) is 0 Å². The monoisotopic (exact) mass is 248 g/mol. The van der Waals surface area contributed by atoms with Crippen molar-refractivity contribution in [3.8, 4) is 22.6 Å². The molecular weight excluding hydrogens is 236 g/mol. The molecule has 0 spiro atoms. The number of aryl methyl sites for hydroxylation is 1. The fourth-order valence-electron chi connectivity index (χ4n) is 1.68. The lowest BCUT2D eigenvalue weighted by atomic mass is 10.0. The molecule has 0 amide bonds. The zero-order chi connectivity index (χ0) is 12.4. The minimum atomic E-state index is 0.299. The summed E-state index contributed by atoms with van der Waals surface area (Å²) < 4.78 is 5.11. The van der Waals surface area contributed by atoms with Gasteiger partial charge in [0.25, 0.3) is 0 Å². The Kier molecular flexibility index (Phi) is 3.25. The number of hydrogen-bond acceptors (Lipinski definition) is 2. The van der Waals surface area contributed by atoms with Crippen LogP contribution in [0.15, 0.2) is 36.4 Å². The summed E-state index contributed by atoms with van der Waals surface area (Å²) in [5, 5.41) is 10.1. The van der Waals surface area contributed by atoms with E-state index < -0.39 is 0 Å². The first-order valence-corrected chi connectivity index (χ1v) is 5.63. The Bertz CT molecular complexity index is 550. The van der Waals surface area contributed by atoms with Gasteiger partial charge in [0.2, 0.25) is 0 Å². The molecule has 0 aliphatic carbocycles. The third-order valence-corrected chi connectivity index (χ3v) is 2.98. The topological polar surface area (TPSA) is 29.5 Å². The second kappa shape index (κ2) is 4.68. The lowest BCUT2D eigenvalue weighted by Gasteiger charge is -2.07. The van der Waals surface area contributed by atoms with E-state index in [9.17, 15) is 5.11 Å². The Balaban J connectivity index is 2.46. The molecule has 2 rings (SSSR count). The van der Waals surface area contributed by atoms with Gasteiger partial charge in [-0.1, -0.05) is 23.7 Å². The number of aromatic hydroxyl groups is 1. The minimum absolute atomic E-state index is 0.299. The quantitative estimate of drug-likeness (QED) is 0.870. The molecule has 0 aliphatic rings. The highest BCUT2D eigenvalue weighted by molar-refractivity contribution is 6.32. The summed E-state index contributed by atoms with van der Waals surface area (Å²) in [6.07, 6.45) is 0. The van der Waals surface area contributed by atoms with Crippen LogP contribution in [0.3, 0.4) is 0 Å². The maximum atomic E-state index is 9.48. The van der Waals surface area contributed by atoms with E-state index in [1.54, 1.807) is 13.2 Å². The van der Waals surface area contributed by atoms with Crippen LogP contribution < -0.4 is 4.74 Å². The van der Waals surface area contributed by atoms with Crippen molar-refractivity contribution in [2.45, 2.75) is 6.92 Å². The number of rotatable bonds is 2. The van der Waals surface area contributed by atoms with Gasteiger partial charge in [-0.15, -0.1) is 0 Å². The molecule has 0 heterocycles. The van der Waals surface area contributed by atoms with E-state index in [0.717, 1.165) is 16.7 Å². The van der Waals surface area contributed by atoms with Gasteiger partial charge in [0.05, 0.1) is 12.1 Å². The van der Waals surface area contributed by atoms with E-state index in [1.807, 2.05) is 37.3 Å². The number of phenolic OH excluding ortho intramolecular Hbond substituents is 1. The van der Waals surface area contributed by atoms with Gasteiger partial charge >= 0.3 is 0 Å². The van der Waals surface area contributed by atoms with Crippen molar-refractivity contribution >= 4 is 11.6 Å². The van der Waals surface area contributed by atoms with Crippen LogP contribution in [-0.4, -0.2) is 12.2 Å².